The molecule has 0 bridgehead atoms. The molecule has 32 heavy (non-hydrogen) atoms. The Kier molecular flexibility index (Phi) is 9.10. The van der Waals surface area contributed by atoms with Crippen molar-refractivity contribution < 1.29 is 5.11 Å². The molecule has 1 aliphatic heterocycles. The number of aliphatic hydroxyl groups is 1. The van der Waals surface area contributed by atoms with E-state index in [9.17, 15) is 5.11 Å². The summed E-state index contributed by atoms with van der Waals surface area (Å²) in [6.07, 6.45) is 4.08. The second-order valence-electron chi connectivity index (χ2n) is 7.87. The lowest BCUT2D eigenvalue weighted by atomic mass is 9.97. The molecule has 0 amide bonds. The van der Waals surface area contributed by atoms with Crippen LogP contribution in [0.1, 0.15) is 31.2 Å². The van der Waals surface area contributed by atoms with Crippen molar-refractivity contribution in [2.75, 3.05) is 31.1 Å². The van der Waals surface area contributed by atoms with Crippen molar-refractivity contribution in [3.05, 3.63) is 60.0 Å². The van der Waals surface area contributed by atoms with E-state index in [-0.39, 0.29) is 24.0 Å². The maximum Gasteiger partial charge on any atom is 0.191 e. The smallest absolute Gasteiger partial charge is 0.191 e. The van der Waals surface area contributed by atoms with Gasteiger partial charge >= 0.3 is 0 Å². The molecule has 0 saturated carbocycles. The number of benzene rings is 1. The summed E-state index contributed by atoms with van der Waals surface area (Å²) in [4.78, 5) is 7.12. The molecule has 0 radical (unpaired) electrons. The van der Waals surface area contributed by atoms with Gasteiger partial charge in [-0.3, -0.25) is 4.40 Å². The van der Waals surface area contributed by atoms with Gasteiger partial charge in [0.2, 0.25) is 0 Å². The molecule has 9 heteroatoms. The fourth-order valence-electron chi connectivity index (χ4n) is 3.87. The van der Waals surface area contributed by atoms with E-state index in [1.807, 2.05) is 28.8 Å². The summed E-state index contributed by atoms with van der Waals surface area (Å²) in [6.45, 7) is 6.30. The fourth-order valence-corrected chi connectivity index (χ4v) is 3.87. The standard InChI is InChI=1S/C23H31N7O.HI/c1-2-24-23(26-16-22-28-27-21-5-3-4-12-30(21)22)25-15-18-6-8-20(9-7-18)29-13-10-19(17-31)11-14-29;/h3-9,12,19,31H,2,10-11,13-17H2,1H3,(H2,24,25,26);1H. The number of anilines is 1. The summed E-state index contributed by atoms with van der Waals surface area (Å²) in [5.74, 6) is 2.05. The van der Waals surface area contributed by atoms with E-state index in [1.165, 1.54) is 11.3 Å². The quantitative estimate of drug-likeness (QED) is 0.239. The Bertz CT molecular complexity index is 997. The van der Waals surface area contributed by atoms with Crippen LogP contribution in [0.2, 0.25) is 0 Å². The van der Waals surface area contributed by atoms with Crippen molar-refractivity contribution in [1.29, 1.82) is 0 Å². The first-order chi connectivity index (χ1) is 15.3. The highest BCUT2D eigenvalue weighted by atomic mass is 127. The first-order valence-corrected chi connectivity index (χ1v) is 11.0. The van der Waals surface area contributed by atoms with E-state index in [4.69, 9.17) is 4.99 Å². The average molecular weight is 549 g/mol. The highest BCUT2D eigenvalue weighted by Gasteiger charge is 2.18. The molecule has 3 heterocycles. The van der Waals surface area contributed by atoms with Crippen molar-refractivity contribution in [1.82, 2.24) is 25.2 Å². The van der Waals surface area contributed by atoms with Gasteiger partial charge < -0.3 is 20.6 Å². The first-order valence-electron chi connectivity index (χ1n) is 11.0. The van der Waals surface area contributed by atoms with Crippen molar-refractivity contribution in [3.8, 4) is 0 Å². The molecule has 3 aromatic rings. The number of hydrogen-bond donors (Lipinski definition) is 3. The third-order valence-corrected chi connectivity index (χ3v) is 5.74. The van der Waals surface area contributed by atoms with Crippen LogP contribution in [0.5, 0.6) is 0 Å². The Balaban J connectivity index is 0.00000289. The van der Waals surface area contributed by atoms with Gasteiger partial charge in [-0.2, -0.15) is 0 Å². The summed E-state index contributed by atoms with van der Waals surface area (Å²) in [5, 5.41) is 24.4. The van der Waals surface area contributed by atoms with Gasteiger partial charge in [0.15, 0.2) is 17.4 Å². The number of aliphatic hydroxyl groups excluding tert-OH is 1. The number of aromatic nitrogens is 3. The zero-order valence-electron chi connectivity index (χ0n) is 18.4. The van der Waals surface area contributed by atoms with Crippen LogP contribution in [-0.4, -0.2) is 51.9 Å². The third kappa shape index (κ3) is 6.10. The van der Waals surface area contributed by atoms with E-state index in [1.54, 1.807) is 0 Å². The van der Waals surface area contributed by atoms with Gasteiger partial charge in [-0.15, -0.1) is 34.2 Å². The summed E-state index contributed by atoms with van der Waals surface area (Å²) in [6, 6.07) is 14.5. The normalized spacial score (nSPS) is 14.9. The number of hydrogen-bond acceptors (Lipinski definition) is 5. The Hall–Kier alpha value is -2.40. The number of guanidine groups is 1. The molecule has 1 aromatic carbocycles. The molecule has 0 atom stereocenters. The monoisotopic (exact) mass is 549 g/mol. The topological polar surface area (TPSA) is 90.1 Å². The van der Waals surface area contributed by atoms with E-state index in [0.29, 0.717) is 25.6 Å². The largest absolute Gasteiger partial charge is 0.396 e. The van der Waals surface area contributed by atoms with E-state index in [2.05, 4.69) is 56.9 Å². The van der Waals surface area contributed by atoms with Gasteiger partial charge in [0.25, 0.3) is 0 Å². The van der Waals surface area contributed by atoms with Crippen molar-refractivity contribution in [3.63, 3.8) is 0 Å². The van der Waals surface area contributed by atoms with Crippen molar-refractivity contribution in [2.24, 2.45) is 10.9 Å². The van der Waals surface area contributed by atoms with Crippen LogP contribution in [0.15, 0.2) is 53.7 Å². The van der Waals surface area contributed by atoms with Crippen LogP contribution in [0.25, 0.3) is 5.65 Å². The van der Waals surface area contributed by atoms with Crippen LogP contribution in [0.3, 0.4) is 0 Å². The Labute approximate surface area is 206 Å². The Morgan fingerprint density at radius 2 is 1.88 bits per heavy atom. The predicted molar refractivity (Wildman–Crippen MR) is 139 cm³/mol. The summed E-state index contributed by atoms with van der Waals surface area (Å²) >= 11 is 0. The molecule has 1 aliphatic rings. The number of rotatable bonds is 7. The lowest BCUT2D eigenvalue weighted by molar-refractivity contribution is 0.203. The second-order valence-corrected chi connectivity index (χ2v) is 7.87. The van der Waals surface area contributed by atoms with Crippen LogP contribution in [0.4, 0.5) is 5.69 Å². The molecule has 172 valence electrons. The van der Waals surface area contributed by atoms with Crippen molar-refractivity contribution >= 4 is 41.3 Å². The Morgan fingerprint density at radius 1 is 1.09 bits per heavy atom. The molecule has 1 fully saturated rings. The van der Waals surface area contributed by atoms with Crippen molar-refractivity contribution in [2.45, 2.75) is 32.9 Å². The van der Waals surface area contributed by atoms with Crippen LogP contribution in [-0.2, 0) is 13.1 Å². The van der Waals surface area contributed by atoms with Gasteiger partial charge in [-0.1, -0.05) is 18.2 Å². The molecular formula is C23H32IN7O. The van der Waals surface area contributed by atoms with Gasteiger partial charge in [0.05, 0.1) is 13.1 Å². The highest BCUT2D eigenvalue weighted by Crippen LogP contribution is 2.23. The number of halogens is 1. The number of piperidine rings is 1. The Morgan fingerprint density at radius 3 is 2.59 bits per heavy atom. The molecule has 0 aliphatic carbocycles. The summed E-state index contributed by atoms with van der Waals surface area (Å²) in [7, 11) is 0. The average Bonchev–Trinajstić information content (AvgIpc) is 3.24. The third-order valence-electron chi connectivity index (χ3n) is 5.74. The van der Waals surface area contributed by atoms with E-state index >= 15 is 0 Å². The lowest BCUT2D eigenvalue weighted by Gasteiger charge is -2.32. The first kappa shape index (κ1) is 24.2. The molecule has 3 N–H and O–H groups in total. The van der Waals surface area contributed by atoms with Gasteiger partial charge in [-0.25, -0.2) is 4.99 Å². The molecule has 0 spiro atoms. The second kappa shape index (κ2) is 12.0. The zero-order valence-corrected chi connectivity index (χ0v) is 20.8. The predicted octanol–water partition coefficient (Wildman–Crippen LogP) is 2.81. The zero-order chi connectivity index (χ0) is 21.5. The maximum absolute atomic E-state index is 9.32. The maximum atomic E-state index is 9.32. The molecule has 4 rings (SSSR count). The summed E-state index contributed by atoms with van der Waals surface area (Å²) < 4.78 is 1.97. The number of nitrogens with one attached hydrogen (secondary N) is 2. The number of fused-ring (bicyclic) bond motifs is 1. The number of nitrogens with zero attached hydrogens (tertiary/aromatic N) is 5. The fraction of sp³-hybridized carbons (Fsp3) is 0.435. The van der Waals surface area contributed by atoms with E-state index in [0.717, 1.165) is 49.9 Å². The highest BCUT2D eigenvalue weighted by molar-refractivity contribution is 14.0. The minimum Gasteiger partial charge on any atom is -0.396 e. The van der Waals surface area contributed by atoms with Crippen LogP contribution in [0, 0.1) is 5.92 Å². The molecule has 0 unspecified atom stereocenters. The molecule has 1 saturated heterocycles. The number of pyridine rings is 1. The van der Waals surface area contributed by atoms with E-state index < -0.39 is 0 Å². The lowest BCUT2D eigenvalue weighted by Crippen LogP contribution is -2.37. The van der Waals surface area contributed by atoms with Gasteiger partial charge in [0.1, 0.15) is 0 Å². The van der Waals surface area contributed by atoms with Gasteiger partial charge in [-0.05, 0) is 55.5 Å². The molecule has 2 aromatic heterocycles. The summed E-state index contributed by atoms with van der Waals surface area (Å²) in [5.41, 5.74) is 3.24. The SMILES string of the molecule is CCNC(=NCc1ccc(N2CCC(CO)CC2)cc1)NCc1nnc2ccccn12.I. The van der Waals surface area contributed by atoms with Crippen LogP contribution >= 0.6 is 24.0 Å². The minimum atomic E-state index is 0. The van der Waals surface area contributed by atoms with Gasteiger partial charge in [0, 0.05) is 38.1 Å². The number of aliphatic imine (C=N–C) groups is 1. The molecule has 8 nitrogen and oxygen atoms in total. The van der Waals surface area contributed by atoms with Crippen LogP contribution < -0.4 is 15.5 Å². The molecular weight excluding hydrogens is 517 g/mol. The minimum absolute atomic E-state index is 0.